The number of hydrogen-bond acceptors (Lipinski definition) is 7. The molecule has 0 aromatic rings. The number of hydrogen-bond donors (Lipinski definition) is 1. The molecule has 164 valence electrons. The fourth-order valence-electron chi connectivity index (χ4n) is 2.34. The van der Waals surface area contributed by atoms with Gasteiger partial charge in [0.05, 0.1) is 6.04 Å². The van der Waals surface area contributed by atoms with Gasteiger partial charge < -0.3 is 14.8 Å². The molecule has 0 bridgehead atoms. The van der Waals surface area contributed by atoms with E-state index in [9.17, 15) is 14.4 Å². The van der Waals surface area contributed by atoms with Crippen LogP contribution >= 0.6 is 21.6 Å². The number of alkyl carbamates (subject to hydrolysis) is 1. The van der Waals surface area contributed by atoms with Gasteiger partial charge in [-0.25, -0.2) is 4.79 Å². The van der Waals surface area contributed by atoms with Gasteiger partial charge in [-0.3, -0.25) is 9.59 Å². The summed E-state index contributed by atoms with van der Waals surface area (Å²) in [5.74, 6) is 0.652. The topological polar surface area (TPSA) is 81.7 Å². The molecule has 0 aromatic carbocycles. The van der Waals surface area contributed by atoms with E-state index >= 15 is 0 Å². The lowest BCUT2D eigenvalue weighted by Gasteiger charge is -2.23. The van der Waals surface area contributed by atoms with Crippen molar-refractivity contribution in [1.29, 1.82) is 0 Å². The van der Waals surface area contributed by atoms with Crippen LogP contribution in [0.3, 0.4) is 0 Å². The summed E-state index contributed by atoms with van der Waals surface area (Å²) in [5.41, 5.74) is -1.12. The van der Waals surface area contributed by atoms with Crippen LogP contribution in [0.4, 0.5) is 4.79 Å². The van der Waals surface area contributed by atoms with Crippen LogP contribution in [-0.2, 0) is 19.1 Å². The SMILES string of the molecule is CSSCCCC(=O)C(CCCCC(=O)OC(C)(C)C)NC(=O)OC(C)(C)C. The third-order valence-corrected chi connectivity index (χ3v) is 5.29. The van der Waals surface area contributed by atoms with Crippen LogP contribution < -0.4 is 5.32 Å². The summed E-state index contributed by atoms with van der Waals surface area (Å²) >= 11 is 0. The van der Waals surface area contributed by atoms with Gasteiger partial charge in [0, 0.05) is 18.6 Å². The first kappa shape index (κ1) is 27.1. The Hall–Kier alpha value is -0.890. The van der Waals surface area contributed by atoms with Gasteiger partial charge in [0.25, 0.3) is 0 Å². The third-order valence-electron chi connectivity index (χ3n) is 3.39. The van der Waals surface area contributed by atoms with Crippen LogP contribution in [-0.4, -0.2) is 47.1 Å². The maximum absolute atomic E-state index is 12.5. The molecule has 6 nitrogen and oxygen atoms in total. The Kier molecular flexibility index (Phi) is 12.9. The van der Waals surface area contributed by atoms with E-state index in [1.165, 1.54) is 0 Å². The third kappa shape index (κ3) is 16.1. The van der Waals surface area contributed by atoms with Gasteiger partial charge in [-0.15, -0.1) is 0 Å². The molecule has 0 saturated heterocycles. The zero-order valence-electron chi connectivity index (χ0n) is 18.4. The average Bonchev–Trinajstić information content (AvgIpc) is 2.50. The van der Waals surface area contributed by atoms with Gasteiger partial charge in [-0.1, -0.05) is 28.0 Å². The molecule has 28 heavy (non-hydrogen) atoms. The van der Waals surface area contributed by atoms with E-state index in [1.54, 1.807) is 42.4 Å². The highest BCUT2D eigenvalue weighted by atomic mass is 33.1. The predicted octanol–water partition coefficient (Wildman–Crippen LogP) is 5.14. The number of esters is 1. The van der Waals surface area contributed by atoms with Crippen LogP contribution in [0.25, 0.3) is 0 Å². The summed E-state index contributed by atoms with van der Waals surface area (Å²) in [6.45, 7) is 10.8. The zero-order chi connectivity index (χ0) is 21.8. The molecule has 0 fully saturated rings. The minimum absolute atomic E-state index is 0.00447. The monoisotopic (exact) mass is 435 g/mol. The molecule has 0 spiro atoms. The molecule has 0 radical (unpaired) electrons. The molecule has 0 saturated carbocycles. The summed E-state index contributed by atoms with van der Waals surface area (Å²) in [6, 6.07) is -0.590. The Morgan fingerprint density at radius 2 is 1.50 bits per heavy atom. The molecule has 0 rings (SSSR count). The average molecular weight is 436 g/mol. The van der Waals surface area contributed by atoms with Crippen LogP contribution in [0.15, 0.2) is 0 Å². The quantitative estimate of drug-likeness (QED) is 0.258. The molecule has 1 N–H and O–H groups in total. The number of rotatable bonds is 12. The van der Waals surface area contributed by atoms with E-state index in [2.05, 4.69) is 5.32 Å². The van der Waals surface area contributed by atoms with E-state index < -0.39 is 23.3 Å². The van der Waals surface area contributed by atoms with Gasteiger partial charge in [0.2, 0.25) is 0 Å². The molecule has 1 atom stereocenters. The second-order valence-electron chi connectivity index (χ2n) is 8.59. The standard InChI is InChI=1S/C20H37NO5S2/c1-19(2,3)25-17(23)13-9-8-11-15(16(22)12-10-14-28-27-7)21-18(24)26-20(4,5)6/h15H,8-14H2,1-7H3,(H,21,24). The van der Waals surface area contributed by atoms with E-state index in [4.69, 9.17) is 9.47 Å². The maximum Gasteiger partial charge on any atom is 0.408 e. The Morgan fingerprint density at radius 3 is 2.04 bits per heavy atom. The molecule has 0 aliphatic rings. The lowest BCUT2D eigenvalue weighted by molar-refractivity contribution is -0.154. The zero-order valence-corrected chi connectivity index (χ0v) is 20.0. The van der Waals surface area contributed by atoms with Crippen LogP contribution in [0.2, 0.25) is 0 Å². The Labute approximate surface area is 178 Å². The normalized spacial score (nSPS) is 13.0. The summed E-state index contributed by atoms with van der Waals surface area (Å²) in [4.78, 5) is 36.4. The number of carbonyl (C=O) groups is 3. The van der Waals surface area contributed by atoms with Crippen molar-refractivity contribution >= 4 is 39.4 Å². The van der Waals surface area contributed by atoms with Crippen molar-refractivity contribution in [3.63, 3.8) is 0 Å². The molecule has 8 heteroatoms. The fourth-order valence-corrected chi connectivity index (χ4v) is 3.62. The minimum atomic E-state index is -0.622. The van der Waals surface area contributed by atoms with Crippen LogP contribution in [0, 0.1) is 0 Å². The van der Waals surface area contributed by atoms with Gasteiger partial charge >= 0.3 is 12.1 Å². The second-order valence-corrected chi connectivity index (χ2v) is 11.3. The molecule has 1 unspecified atom stereocenters. The first-order chi connectivity index (χ1) is 12.8. The highest BCUT2D eigenvalue weighted by molar-refractivity contribution is 8.76. The van der Waals surface area contributed by atoms with Gasteiger partial charge in [0.1, 0.15) is 11.2 Å². The largest absolute Gasteiger partial charge is 0.460 e. The predicted molar refractivity (Wildman–Crippen MR) is 118 cm³/mol. The molecule has 1 amide bonds. The highest BCUT2D eigenvalue weighted by Crippen LogP contribution is 2.19. The Bertz CT molecular complexity index is 498. The highest BCUT2D eigenvalue weighted by Gasteiger charge is 2.24. The van der Waals surface area contributed by atoms with Crippen molar-refractivity contribution in [1.82, 2.24) is 5.32 Å². The maximum atomic E-state index is 12.5. The Morgan fingerprint density at radius 1 is 0.893 bits per heavy atom. The van der Waals surface area contributed by atoms with Gasteiger partial charge in [-0.2, -0.15) is 0 Å². The number of amides is 1. The number of nitrogens with one attached hydrogen (secondary N) is 1. The number of unbranched alkanes of at least 4 members (excludes halogenated alkanes) is 1. The molecular weight excluding hydrogens is 398 g/mol. The van der Waals surface area contributed by atoms with Crippen LogP contribution in [0.1, 0.15) is 80.1 Å². The lowest BCUT2D eigenvalue weighted by atomic mass is 10.0. The second kappa shape index (κ2) is 13.4. The first-order valence-electron chi connectivity index (χ1n) is 9.74. The van der Waals surface area contributed by atoms with Crippen molar-refractivity contribution in [3.8, 4) is 0 Å². The van der Waals surface area contributed by atoms with Crippen LogP contribution in [0.5, 0.6) is 0 Å². The molecular formula is C20H37NO5S2. The summed E-state index contributed by atoms with van der Waals surface area (Å²) in [7, 11) is 3.39. The Balaban J connectivity index is 4.56. The smallest absolute Gasteiger partial charge is 0.408 e. The fraction of sp³-hybridized carbons (Fsp3) is 0.850. The van der Waals surface area contributed by atoms with E-state index in [0.717, 1.165) is 12.2 Å². The van der Waals surface area contributed by atoms with E-state index in [-0.39, 0.29) is 11.8 Å². The molecule has 0 aliphatic heterocycles. The summed E-state index contributed by atoms with van der Waals surface area (Å²) in [6.07, 6.45) is 4.64. The molecule has 0 heterocycles. The van der Waals surface area contributed by atoms with Crippen molar-refractivity contribution < 1.29 is 23.9 Å². The number of Topliss-reactive ketones (excluding diaryl/α,β-unsaturated/α-hetero) is 1. The number of carbonyl (C=O) groups excluding carboxylic acids is 3. The summed E-state index contributed by atoms with van der Waals surface area (Å²) < 4.78 is 10.6. The van der Waals surface area contributed by atoms with Gasteiger partial charge in [0.15, 0.2) is 5.78 Å². The van der Waals surface area contributed by atoms with Crippen molar-refractivity contribution in [3.05, 3.63) is 0 Å². The van der Waals surface area contributed by atoms with Gasteiger partial charge in [-0.05, 0) is 67.1 Å². The van der Waals surface area contributed by atoms with E-state index in [0.29, 0.717) is 32.1 Å². The number of ether oxygens (including phenoxy) is 2. The first-order valence-corrected chi connectivity index (χ1v) is 12.5. The minimum Gasteiger partial charge on any atom is -0.460 e. The summed E-state index contributed by atoms with van der Waals surface area (Å²) in [5, 5.41) is 2.70. The lowest BCUT2D eigenvalue weighted by Crippen LogP contribution is -2.43. The number of ketones is 1. The van der Waals surface area contributed by atoms with Crippen molar-refractivity contribution in [2.24, 2.45) is 0 Å². The van der Waals surface area contributed by atoms with E-state index in [1.807, 2.05) is 27.0 Å². The van der Waals surface area contributed by atoms with Crippen molar-refractivity contribution in [2.45, 2.75) is 97.3 Å². The molecule has 0 aromatic heterocycles. The van der Waals surface area contributed by atoms with Crippen molar-refractivity contribution in [2.75, 3.05) is 12.0 Å². The molecule has 0 aliphatic carbocycles.